The molecule has 0 unspecified atom stereocenters. The monoisotopic (exact) mass is 391 g/mol. The number of ether oxygens (including phenoxy) is 3. The first-order chi connectivity index (χ1) is 14.1. The molecule has 6 nitrogen and oxygen atoms in total. The van der Waals surface area contributed by atoms with E-state index in [1.807, 2.05) is 24.3 Å². The van der Waals surface area contributed by atoms with Crippen molar-refractivity contribution in [1.82, 2.24) is 4.90 Å². The van der Waals surface area contributed by atoms with Crippen molar-refractivity contribution in [2.75, 3.05) is 13.7 Å². The van der Waals surface area contributed by atoms with Crippen LogP contribution in [0.15, 0.2) is 85.3 Å². The van der Waals surface area contributed by atoms with Gasteiger partial charge in [-0.25, -0.2) is 4.79 Å². The summed E-state index contributed by atoms with van der Waals surface area (Å²) in [5.74, 6) is 0.868. The van der Waals surface area contributed by atoms with Crippen LogP contribution in [0.5, 0.6) is 11.5 Å². The predicted octanol–water partition coefficient (Wildman–Crippen LogP) is 3.86. The van der Waals surface area contributed by atoms with Crippen molar-refractivity contribution >= 4 is 11.9 Å². The van der Waals surface area contributed by atoms with Gasteiger partial charge in [0.05, 0.1) is 24.9 Å². The van der Waals surface area contributed by atoms with Gasteiger partial charge in [0.15, 0.2) is 12.4 Å². The molecule has 2 aromatic carbocycles. The summed E-state index contributed by atoms with van der Waals surface area (Å²) in [6.45, 7) is 7.71. The molecular formula is C23H21NO5. The number of esters is 1. The third-order valence-corrected chi connectivity index (χ3v) is 4.38. The average Bonchev–Trinajstić information content (AvgIpc) is 2.93. The summed E-state index contributed by atoms with van der Waals surface area (Å²) in [4.78, 5) is 26.0. The number of hydrogen-bond donors (Lipinski definition) is 0. The zero-order chi connectivity index (χ0) is 20.8. The Morgan fingerprint density at radius 2 is 1.83 bits per heavy atom. The van der Waals surface area contributed by atoms with Crippen LogP contribution in [0, 0.1) is 0 Å². The van der Waals surface area contributed by atoms with Crippen molar-refractivity contribution in [1.29, 1.82) is 0 Å². The lowest BCUT2D eigenvalue weighted by Crippen LogP contribution is -2.33. The molecule has 6 heteroatoms. The first kappa shape index (κ1) is 19.9. The summed E-state index contributed by atoms with van der Waals surface area (Å²) < 4.78 is 16.2. The van der Waals surface area contributed by atoms with Crippen molar-refractivity contribution in [3.05, 3.63) is 96.4 Å². The van der Waals surface area contributed by atoms with Crippen molar-refractivity contribution in [2.24, 2.45) is 0 Å². The Morgan fingerprint density at radius 3 is 2.48 bits per heavy atom. The van der Waals surface area contributed by atoms with E-state index >= 15 is 0 Å². The molecule has 0 atom stereocenters. The molecule has 148 valence electrons. The fraction of sp³-hybridized carbons (Fsp3) is 0.130. The van der Waals surface area contributed by atoms with E-state index in [-0.39, 0.29) is 12.5 Å². The highest BCUT2D eigenvalue weighted by Gasteiger charge is 2.25. The van der Waals surface area contributed by atoms with Crippen molar-refractivity contribution < 1.29 is 23.8 Å². The highest BCUT2D eigenvalue weighted by molar-refractivity contribution is 5.89. The lowest BCUT2D eigenvalue weighted by atomic mass is 10.2. The van der Waals surface area contributed by atoms with Gasteiger partial charge in [0.1, 0.15) is 11.5 Å². The van der Waals surface area contributed by atoms with E-state index in [2.05, 4.69) is 17.9 Å². The van der Waals surface area contributed by atoms with Crippen LogP contribution in [0.1, 0.15) is 15.9 Å². The van der Waals surface area contributed by atoms with Gasteiger partial charge in [-0.05, 0) is 42.5 Å². The lowest BCUT2D eigenvalue weighted by Gasteiger charge is -2.22. The molecule has 0 radical (unpaired) electrons. The number of para-hydroxylation sites is 1. The van der Waals surface area contributed by atoms with Crippen LogP contribution in [0.4, 0.5) is 0 Å². The van der Waals surface area contributed by atoms with Crippen LogP contribution in [0.3, 0.4) is 0 Å². The molecule has 2 aromatic rings. The first-order valence-electron chi connectivity index (χ1n) is 8.93. The van der Waals surface area contributed by atoms with Gasteiger partial charge in [-0.1, -0.05) is 31.4 Å². The normalized spacial score (nSPS) is 12.9. The Balaban J connectivity index is 1.78. The van der Waals surface area contributed by atoms with Gasteiger partial charge in [0.2, 0.25) is 0 Å². The molecule has 1 aliphatic heterocycles. The zero-order valence-corrected chi connectivity index (χ0v) is 16.1. The third-order valence-electron chi connectivity index (χ3n) is 4.38. The molecule has 0 fully saturated rings. The molecule has 0 N–H and O–H groups in total. The van der Waals surface area contributed by atoms with E-state index in [1.54, 1.807) is 41.3 Å². The molecule has 0 aliphatic carbocycles. The first-order valence-corrected chi connectivity index (χ1v) is 8.93. The van der Waals surface area contributed by atoms with Crippen molar-refractivity contribution in [3.8, 4) is 11.5 Å². The van der Waals surface area contributed by atoms with Gasteiger partial charge in [0, 0.05) is 5.56 Å². The number of nitrogens with zero attached hydrogens (tertiary/aromatic N) is 1. The van der Waals surface area contributed by atoms with Crippen LogP contribution in [-0.4, -0.2) is 30.5 Å². The van der Waals surface area contributed by atoms with Gasteiger partial charge in [-0.3, -0.25) is 4.79 Å². The number of benzene rings is 2. The maximum Gasteiger partial charge on any atom is 0.337 e. The number of rotatable bonds is 6. The maximum atomic E-state index is 12.9. The van der Waals surface area contributed by atoms with Crippen LogP contribution >= 0.6 is 0 Å². The Bertz CT molecular complexity index is 975. The second-order valence-electron chi connectivity index (χ2n) is 6.15. The van der Waals surface area contributed by atoms with E-state index in [9.17, 15) is 9.59 Å². The SMILES string of the molecule is C=CC1=C(C=C)N(C(=O)COc2ccc(C(=O)OC)cc2)Cc2ccccc2O1. The molecule has 1 aliphatic rings. The molecule has 0 saturated carbocycles. The minimum absolute atomic E-state index is 0.193. The molecule has 0 saturated heterocycles. The highest BCUT2D eigenvalue weighted by Crippen LogP contribution is 2.30. The number of amides is 1. The fourth-order valence-corrected chi connectivity index (χ4v) is 2.90. The number of allylic oxidation sites excluding steroid dienone is 2. The standard InChI is InChI=1S/C23H21NO5/c1-4-19-20(5-2)29-21-9-7-6-8-17(21)14-24(19)22(25)15-28-18-12-10-16(11-13-18)23(26)27-3/h4-13H,1-2,14-15H2,3H3. The Kier molecular flexibility index (Phi) is 6.14. The van der Waals surface area contributed by atoms with Gasteiger partial charge in [-0.2, -0.15) is 0 Å². The Labute approximate surface area is 169 Å². The summed E-state index contributed by atoms with van der Waals surface area (Å²) in [6, 6.07) is 13.9. The van der Waals surface area contributed by atoms with Crippen LogP contribution < -0.4 is 9.47 Å². The van der Waals surface area contributed by atoms with Gasteiger partial charge in [-0.15, -0.1) is 0 Å². The Hall–Kier alpha value is -3.80. The van der Waals surface area contributed by atoms with Crippen molar-refractivity contribution in [3.63, 3.8) is 0 Å². The summed E-state index contributed by atoms with van der Waals surface area (Å²) in [6.07, 6.45) is 3.11. The number of carbonyl (C=O) groups is 2. The van der Waals surface area contributed by atoms with E-state index in [0.717, 1.165) is 5.56 Å². The molecule has 3 rings (SSSR count). The molecule has 1 amide bonds. The summed E-state index contributed by atoms with van der Waals surface area (Å²) in [5.41, 5.74) is 1.78. The topological polar surface area (TPSA) is 65.1 Å². The summed E-state index contributed by atoms with van der Waals surface area (Å²) in [5, 5.41) is 0. The summed E-state index contributed by atoms with van der Waals surface area (Å²) in [7, 11) is 1.32. The van der Waals surface area contributed by atoms with Crippen LogP contribution in [0.25, 0.3) is 0 Å². The molecule has 0 spiro atoms. The van der Waals surface area contributed by atoms with E-state index in [4.69, 9.17) is 9.47 Å². The van der Waals surface area contributed by atoms with Gasteiger partial charge < -0.3 is 19.1 Å². The predicted molar refractivity (Wildman–Crippen MR) is 108 cm³/mol. The zero-order valence-electron chi connectivity index (χ0n) is 16.1. The fourth-order valence-electron chi connectivity index (χ4n) is 2.90. The van der Waals surface area contributed by atoms with E-state index in [0.29, 0.717) is 35.1 Å². The van der Waals surface area contributed by atoms with E-state index < -0.39 is 5.97 Å². The molecule has 0 bridgehead atoms. The van der Waals surface area contributed by atoms with Gasteiger partial charge in [0.25, 0.3) is 5.91 Å². The maximum absolute atomic E-state index is 12.9. The smallest absolute Gasteiger partial charge is 0.337 e. The number of hydrogen-bond acceptors (Lipinski definition) is 5. The second kappa shape index (κ2) is 8.93. The lowest BCUT2D eigenvalue weighted by molar-refractivity contribution is -0.131. The number of carbonyl (C=O) groups excluding carboxylic acids is 2. The minimum atomic E-state index is -0.437. The van der Waals surface area contributed by atoms with Crippen LogP contribution in [0.2, 0.25) is 0 Å². The number of fused-ring (bicyclic) bond motifs is 1. The Morgan fingerprint density at radius 1 is 1.10 bits per heavy atom. The molecule has 0 aromatic heterocycles. The second-order valence-corrected chi connectivity index (χ2v) is 6.15. The quantitative estimate of drug-likeness (QED) is 0.700. The van der Waals surface area contributed by atoms with Gasteiger partial charge >= 0.3 is 5.97 Å². The molecule has 1 heterocycles. The average molecular weight is 391 g/mol. The minimum Gasteiger partial charge on any atom is -0.484 e. The summed E-state index contributed by atoms with van der Waals surface area (Å²) >= 11 is 0. The number of methoxy groups -OCH3 is 1. The molecule has 29 heavy (non-hydrogen) atoms. The third kappa shape index (κ3) is 4.38. The van der Waals surface area contributed by atoms with Crippen molar-refractivity contribution in [2.45, 2.75) is 6.54 Å². The van der Waals surface area contributed by atoms with E-state index in [1.165, 1.54) is 7.11 Å². The largest absolute Gasteiger partial charge is 0.484 e. The van der Waals surface area contributed by atoms with Crippen LogP contribution in [-0.2, 0) is 16.1 Å². The molecular weight excluding hydrogens is 370 g/mol. The highest BCUT2D eigenvalue weighted by atomic mass is 16.5.